The molecule has 0 radical (unpaired) electrons. The first-order valence-corrected chi connectivity index (χ1v) is 5.42. The van der Waals surface area contributed by atoms with Gasteiger partial charge in [0.05, 0.1) is 7.11 Å². The summed E-state index contributed by atoms with van der Waals surface area (Å²) in [6.07, 6.45) is 0. The summed E-state index contributed by atoms with van der Waals surface area (Å²) in [7, 11) is 1.29. The van der Waals surface area contributed by atoms with Gasteiger partial charge in [-0.3, -0.25) is 4.79 Å². The van der Waals surface area contributed by atoms with Crippen molar-refractivity contribution in [2.45, 2.75) is 6.92 Å². The van der Waals surface area contributed by atoms with Crippen LogP contribution in [-0.4, -0.2) is 19.0 Å². The lowest BCUT2D eigenvalue weighted by atomic mass is 10.1. The number of benzene rings is 2. The Bertz CT molecular complexity index is 616. The molecule has 0 aliphatic carbocycles. The number of fused-ring (bicyclic) bond motifs is 1. The highest BCUT2D eigenvalue weighted by molar-refractivity contribution is 6.02. The van der Waals surface area contributed by atoms with Crippen molar-refractivity contribution in [3.63, 3.8) is 0 Å². The van der Waals surface area contributed by atoms with Gasteiger partial charge in [0.15, 0.2) is 5.75 Å². The van der Waals surface area contributed by atoms with Crippen molar-refractivity contribution in [2.24, 2.45) is 0 Å². The van der Waals surface area contributed by atoms with Crippen LogP contribution in [0.5, 0.6) is 5.75 Å². The van der Waals surface area contributed by atoms with Crippen LogP contribution in [0.15, 0.2) is 36.4 Å². The predicted molar refractivity (Wildman–Crippen MR) is 66.6 cm³/mol. The Morgan fingerprint density at radius 3 is 2.44 bits per heavy atom. The lowest BCUT2D eigenvalue weighted by Crippen LogP contribution is -2.09. The molecule has 4 heteroatoms. The van der Waals surface area contributed by atoms with E-state index >= 15 is 0 Å². The van der Waals surface area contributed by atoms with E-state index in [2.05, 4.69) is 4.74 Å². The minimum atomic E-state index is -0.531. The lowest BCUT2D eigenvalue weighted by Gasteiger charge is -2.10. The third kappa shape index (κ3) is 2.18. The SMILES string of the molecule is COC(=O)c1ccc2ccccc2c1OC(C)=O. The Hall–Kier alpha value is -2.36. The van der Waals surface area contributed by atoms with Crippen molar-refractivity contribution in [3.05, 3.63) is 42.0 Å². The molecule has 0 fully saturated rings. The number of carbonyl (C=O) groups is 2. The molecule has 0 spiro atoms. The topological polar surface area (TPSA) is 52.6 Å². The van der Waals surface area contributed by atoms with Gasteiger partial charge < -0.3 is 9.47 Å². The van der Waals surface area contributed by atoms with Crippen LogP contribution in [0, 0.1) is 0 Å². The molecule has 2 aromatic carbocycles. The van der Waals surface area contributed by atoms with Crippen LogP contribution in [0.2, 0.25) is 0 Å². The molecule has 2 aromatic rings. The van der Waals surface area contributed by atoms with Crippen LogP contribution >= 0.6 is 0 Å². The number of methoxy groups -OCH3 is 1. The van der Waals surface area contributed by atoms with Crippen LogP contribution in [0.25, 0.3) is 10.8 Å². The smallest absolute Gasteiger partial charge is 0.341 e. The summed E-state index contributed by atoms with van der Waals surface area (Å²) in [6, 6.07) is 10.7. The van der Waals surface area contributed by atoms with Crippen LogP contribution in [0.3, 0.4) is 0 Å². The van der Waals surface area contributed by atoms with Gasteiger partial charge >= 0.3 is 11.9 Å². The highest BCUT2D eigenvalue weighted by Gasteiger charge is 2.17. The summed E-state index contributed by atoms with van der Waals surface area (Å²) in [5.41, 5.74) is 0.242. The van der Waals surface area contributed by atoms with E-state index in [0.717, 1.165) is 5.39 Å². The maximum absolute atomic E-state index is 11.6. The van der Waals surface area contributed by atoms with Crippen molar-refractivity contribution in [2.75, 3.05) is 7.11 Å². The first-order chi connectivity index (χ1) is 8.63. The molecule has 0 heterocycles. The third-order valence-corrected chi connectivity index (χ3v) is 2.53. The molecule has 0 unspecified atom stereocenters. The fraction of sp³-hybridized carbons (Fsp3) is 0.143. The van der Waals surface area contributed by atoms with E-state index in [1.165, 1.54) is 14.0 Å². The Balaban J connectivity index is 2.70. The van der Waals surface area contributed by atoms with Crippen LogP contribution < -0.4 is 4.74 Å². The van der Waals surface area contributed by atoms with Crippen LogP contribution in [-0.2, 0) is 9.53 Å². The summed E-state index contributed by atoms with van der Waals surface area (Å²) >= 11 is 0. The standard InChI is InChI=1S/C14H12O4/c1-9(15)18-13-11-6-4-3-5-10(11)7-8-12(13)14(16)17-2/h3-8H,1-2H3. The Morgan fingerprint density at radius 1 is 1.06 bits per heavy atom. The lowest BCUT2D eigenvalue weighted by molar-refractivity contribution is -0.131. The number of hydrogen-bond donors (Lipinski definition) is 0. The quantitative estimate of drug-likeness (QED) is 0.601. The van der Waals surface area contributed by atoms with E-state index in [9.17, 15) is 9.59 Å². The number of rotatable bonds is 2. The molecular formula is C14H12O4. The monoisotopic (exact) mass is 244 g/mol. The van der Waals surface area contributed by atoms with Gasteiger partial charge in [-0.1, -0.05) is 30.3 Å². The molecule has 0 bridgehead atoms. The molecule has 92 valence electrons. The third-order valence-electron chi connectivity index (χ3n) is 2.53. The van der Waals surface area contributed by atoms with Crippen molar-refractivity contribution in [1.29, 1.82) is 0 Å². The first-order valence-electron chi connectivity index (χ1n) is 5.42. The zero-order valence-corrected chi connectivity index (χ0v) is 10.1. The van der Waals surface area contributed by atoms with Crippen LogP contribution in [0.4, 0.5) is 0 Å². The average molecular weight is 244 g/mol. The van der Waals surface area contributed by atoms with Gasteiger partial charge in [-0.2, -0.15) is 0 Å². The fourth-order valence-corrected chi connectivity index (χ4v) is 1.77. The summed E-state index contributed by atoms with van der Waals surface area (Å²) < 4.78 is 9.82. The molecule has 0 N–H and O–H groups in total. The number of carbonyl (C=O) groups excluding carboxylic acids is 2. The zero-order chi connectivity index (χ0) is 13.1. The molecule has 2 rings (SSSR count). The Morgan fingerprint density at radius 2 is 1.78 bits per heavy atom. The van der Waals surface area contributed by atoms with Crippen molar-refractivity contribution in [1.82, 2.24) is 0 Å². The molecule has 0 aromatic heterocycles. The highest BCUT2D eigenvalue weighted by Crippen LogP contribution is 2.30. The normalized spacial score (nSPS) is 10.1. The second-order valence-electron chi connectivity index (χ2n) is 3.75. The number of hydrogen-bond acceptors (Lipinski definition) is 4. The zero-order valence-electron chi connectivity index (χ0n) is 10.1. The fourth-order valence-electron chi connectivity index (χ4n) is 1.77. The largest absolute Gasteiger partial charge is 0.465 e. The minimum Gasteiger partial charge on any atom is -0.465 e. The number of ether oxygens (including phenoxy) is 2. The van der Waals surface area contributed by atoms with E-state index in [1.54, 1.807) is 18.2 Å². The molecule has 4 nitrogen and oxygen atoms in total. The van der Waals surface area contributed by atoms with Crippen molar-refractivity contribution in [3.8, 4) is 5.75 Å². The summed E-state index contributed by atoms with van der Waals surface area (Å²) in [5.74, 6) is -0.763. The van der Waals surface area contributed by atoms with E-state index in [0.29, 0.717) is 5.39 Å². The highest BCUT2D eigenvalue weighted by atomic mass is 16.5. The van der Waals surface area contributed by atoms with E-state index in [4.69, 9.17) is 4.74 Å². The van der Waals surface area contributed by atoms with E-state index in [-0.39, 0.29) is 11.3 Å². The maximum atomic E-state index is 11.6. The number of esters is 2. The maximum Gasteiger partial charge on any atom is 0.341 e. The molecule has 0 atom stereocenters. The molecule has 0 aliphatic heterocycles. The minimum absolute atomic E-state index is 0.242. The summed E-state index contributed by atoms with van der Waals surface area (Å²) in [4.78, 5) is 22.8. The van der Waals surface area contributed by atoms with Gasteiger partial charge in [-0.15, -0.1) is 0 Å². The Labute approximate surface area is 104 Å². The van der Waals surface area contributed by atoms with Gasteiger partial charge in [0.2, 0.25) is 0 Å². The summed E-state index contributed by atoms with van der Waals surface area (Å²) in [5, 5.41) is 1.59. The van der Waals surface area contributed by atoms with Crippen molar-refractivity contribution < 1.29 is 19.1 Å². The van der Waals surface area contributed by atoms with Gasteiger partial charge in [-0.25, -0.2) is 4.79 Å². The second kappa shape index (κ2) is 4.87. The summed E-state index contributed by atoms with van der Waals surface area (Å²) in [6.45, 7) is 1.29. The van der Waals surface area contributed by atoms with E-state index < -0.39 is 11.9 Å². The van der Waals surface area contributed by atoms with Gasteiger partial charge in [-0.05, 0) is 11.5 Å². The molecule has 18 heavy (non-hydrogen) atoms. The molecule has 0 saturated heterocycles. The molecule has 0 aliphatic rings. The first kappa shape index (κ1) is 12.1. The second-order valence-corrected chi connectivity index (χ2v) is 3.75. The van der Waals surface area contributed by atoms with Gasteiger partial charge in [0, 0.05) is 12.3 Å². The average Bonchev–Trinajstić information content (AvgIpc) is 2.37. The molecule has 0 amide bonds. The van der Waals surface area contributed by atoms with E-state index in [1.807, 2.05) is 18.2 Å². The van der Waals surface area contributed by atoms with Crippen LogP contribution in [0.1, 0.15) is 17.3 Å². The van der Waals surface area contributed by atoms with Gasteiger partial charge in [0.25, 0.3) is 0 Å². The Kier molecular flexibility index (Phi) is 3.28. The predicted octanol–water partition coefficient (Wildman–Crippen LogP) is 2.55. The molecule has 0 saturated carbocycles. The molecular weight excluding hydrogens is 232 g/mol. The van der Waals surface area contributed by atoms with Gasteiger partial charge in [0.1, 0.15) is 5.56 Å². The van der Waals surface area contributed by atoms with Crippen molar-refractivity contribution >= 4 is 22.7 Å².